The van der Waals surface area contributed by atoms with E-state index < -0.39 is 17.9 Å². The molecular weight excluding hydrogens is 468 g/mol. The Morgan fingerprint density at radius 2 is 1.86 bits per heavy atom. The lowest BCUT2D eigenvalue weighted by Gasteiger charge is -2.57. The molecule has 5 rings (SSSR count). The summed E-state index contributed by atoms with van der Waals surface area (Å²) < 4.78 is 4.86. The molecule has 0 radical (unpaired) electrons. The maximum absolute atomic E-state index is 12.5. The number of rotatable bonds is 6. The molecule has 4 aliphatic rings. The van der Waals surface area contributed by atoms with Crippen LogP contribution in [0.25, 0.3) is 0 Å². The molecule has 7 nitrogen and oxygen atoms in total. The Bertz CT molecular complexity index is 1080. The Labute approximate surface area is 219 Å². The van der Waals surface area contributed by atoms with Crippen molar-refractivity contribution in [2.75, 3.05) is 13.7 Å². The fraction of sp³-hybridized carbons (Fsp3) is 0.633. The van der Waals surface area contributed by atoms with Gasteiger partial charge in [0.05, 0.1) is 18.9 Å². The molecule has 1 unspecified atom stereocenters. The van der Waals surface area contributed by atoms with Crippen LogP contribution in [-0.4, -0.2) is 42.5 Å². The van der Waals surface area contributed by atoms with Gasteiger partial charge >= 0.3 is 5.97 Å². The number of aliphatic hydroxyl groups excluding tert-OH is 1. The average molecular weight is 509 g/mol. The van der Waals surface area contributed by atoms with E-state index in [9.17, 15) is 14.7 Å². The van der Waals surface area contributed by atoms with Crippen molar-refractivity contribution in [2.24, 2.45) is 33.7 Å². The number of esters is 1. The highest BCUT2D eigenvalue weighted by molar-refractivity contribution is 5.96. The molecule has 3 saturated carbocycles. The molecule has 7 heteroatoms. The van der Waals surface area contributed by atoms with Gasteiger partial charge in [0.2, 0.25) is 0 Å². The van der Waals surface area contributed by atoms with E-state index in [0.29, 0.717) is 23.3 Å². The standard InChI is InChI=1S/C30H40N2O5/c1-29-15-13-21(32-37-18-26(34)31-27(28(35)36-3)19-7-5-4-6-8-19)17-20(29)9-10-22-23-11-12-25(33)30(23,2)16-14-24(22)29/h4-8,17,22-25,27,33H,9-16,18H2,1-3H3,(H,31,34)/b32-21-/t22-,23-,24-,25+,27?,29-,30-/m0/s1. The molecule has 0 aliphatic heterocycles. The van der Waals surface area contributed by atoms with Gasteiger partial charge in [0.15, 0.2) is 12.6 Å². The number of benzene rings is 1. The summed E-state index contributed by atoms with van der Waals surface area (Å²) in [6.45, 7) is 4.49. The number of ether oxygens (including phenoxy) is 1. The predicted octanol–water partition coefficient (Wildman–Crippen LogP) is 4.71. The third kappa shape index (κ3) is 4.71. The van der Waals surface area contributed by atoms with Crippen LogP contribution in [0.4, 0.5) is 0 Å². The number of fused-ring (bicyclic) bond motifs is 5. The van der Waals surface area contributed by atoms with Crippen molar-refractivity contribution in [3.63, 3.8) is 0 Å². The van der Waals surface area contributed by atoms with Crippen LogP contribution in [0.5, 0.6) is 0 Å². The molecular formula is C30H40N2O5. The van der Waals surface area contributed by atoms with Crippen LogP contribution in [0.15, 0.2) is 47.1 Å². The first kappa shape index (κ1) is 26.0. The van der Waals surface area contributed by atoms with Crippen LogP contribution in [-0.2, 0) is 19.2 Å². The van der Waals surface area contributed by atoms with Gasteiger partial charge in [0.1, 0.15) is 0 Å². The molecule has 0 heterocycles. The van der Waals surface area contributed by atoms with E-state index in [1.165, 1.54) is 25.5 Å². The van der Waals surface area contributed by atoms with Gasteiger partial charge in [-0.25, -0.2) is 4.79 Å². The van der Waals surface area contributed by atoms with Gasteiger partial charge in [-0.15, -0.1) is 0 Å². The Morgan fingerprint density at radius 1 is 1.08 bits per heavy atom. The zero-order chi connectivity index (χ0) is 26.2. The third-order valence-corrected chi connectivity index (χ3v) is 10.2. The number of carbonyl (C=O) groups excluding carboxylic acids is 2. The largest absolute Gasteiger partial charge is 0.467 e. The second kappa shape index (κ2) is 10.2. The molecule has 0 spiro atoms. The van der Waals surface area contributed by atoms with Crippen molar-refractivity contribution in [3.05, 3.63) is 47.5 Å². The van der Waals surface area contributed by atoms with E-state index in [1.54, 1.807) is 24.3 Å². The maximum atomic E-state index is 12.5. The van der Waals surface area contributed by atoms with E-state index in [4.69, 9.17) is 9.57 Å². The van der Waals surface area contributed by atoms with Crippen LogP contribution in [0.3, 0.4) is 0 Å². The van der Waals surface area contributed by atoms with Gasteiger partial charge in [0, 0.05) is 0 Å². The fourth-order valence-electron chi connectivity index (χ4n) is 8.03. The number of hydrogen-bond acceptors (Lipinski definition) is 6. The SMILES string of the molecule is COC(=O)C(NC(=O)CO/N=C1\C=C2CC[C@H]3[C@@H]4CC[C@@H](O)[C@@]4(C)CC[C@@H]3[C@@]2(C)CC1)c1ccccc1. The van der Waals surface area contributed by atoms with Crippen molar-refractivity contribution < 1.29 is 24.3 Å². The van der Waals surface area contributed by atoms with Crippen LogP contribution in [0, 0.1) is 28.6 Å². The number of aliphatic hydroxyl groups is 1. The van der Waals surface area contributed by atoms with Gasteiger partial charge in [-0.2, -0.15) is 0 Å². The quantitative estimate of drug-likeness (QED) is 0.428. The van der Waals surface area contributed by atoms with Gasteiger partial charge in [-0.3, -0.25) is 4.79 Å². The molecule has 0 saturated heterocycles. The lowest BCUT2D eigenvalue weighted by Crippen LogP contribution is -2.51. The Balaban J connectivity index is 1.21. The molecule has 1 amide bonds. The third-order valence-electron chi connectivity index (χ3n) is 10.2. The Kier molecular flexibility index (Phi) is 7.18. The summed E-state index contributed by atoms with van der Waals surface area (Å²) in [5, 5.41) is 17.7. The van der Waals surface area contributed by atoms with Crippen LogP contribution in [0.1, 0.15) is 76.8 Å². The Morgan fingerprint density at radius 3 is 2.62 bits per heavy atom. The molecule has 1 aromatic carbocycles. The van der Waals surface area contributed by atoms with E-state index in [0.717, 1.165) is 44.2 Å². The van der Waals surface area contributed by atoms with E-state index in [-0.39, 0.29) is 23.5 Å². The highest BCUT2D eigenvalue weighted by atomic mass is 16.6. The Hall–Kier alpha value is -2.67. The molecule has 7 atom stereocenters. The number of oxime groups is 1. The van der Waals surface area contributed by atoms with Gasteiger partial charge in [-0.1, -0.05) is 54.9 Å². The van der Waals surface area contributed by atoms with Crippen LogP contribution < -0.4 is 5.32 Å². The zero-order valence-corrected chi connectivity index (χ0v) is 22.2. The number of allylic oxidation sites excluding steroid dienone is 2. The van der Waals surface area contributed by atoms with Gasteiger partial charge < -0.3 is 20.0 Å². The van der Waals surface area contributed by atoms with Gasteiger partial charge in [-0.05, 0) is 91.6 Å². The first-order chi connectivity index (χ1) is 17.8. The summed E-state index contributed by atoms with van der Waals surface area (Å²) >= 11 is 0. The maximum Gasteiger partial charge on any atom is 0.333 e. The lowest BCUT2D eigenvalue weighted by atomic mass is 9.47. The fourth-order valence-corrected chi connectivity index (χ4v) is 8.03. The van der Waals surface area contributed by atoms with Crippen molar-refractivity contribution in [2.45, 2.75) is 77.4 Å². The topological polar surface area (TPSA) is 97.2 Å². The molecule has 0 aromatic heterocycles. The minimum Gasteiger partial charge on any atom is -0.467 e. The summed E-state index contributed by atoms with van der Waals surface area (Å²) in [5.74, 6) is 1.04. The molecule has 200 valence electrons. The second-order valence-corrected chi connectivity index (χ2v) is 11.9. The zero-order valence-electron chi connectivity index (χ0n) is 22.2. The highest BCUT2D eigenvalue weighted by Gasteiger charge is 2.58. The molecule has 1 aromatic rings. The van der Waals surface area contributed by atoms with E-state index in [2.05, 4.69) is 30.4 Å². The van der Waals surface area contributed by atoms with Crippen LogP contribution >= 0.6 is 0 Å². The first-order valence-corrected chi connectivity index (χ1v) is 13.8. The van der Waals surface area contributed by atoms with Crippen molar-refractivity contribution in [1.82, 2.24) is 5.32 Å². The number of methoxy groups -OCH3 is 1. The minimum atomic E-state index is -0.888. The molecule has 4 aliphatic carbocycles. The van der Waals surface area contributed by atoms with E-state index in [1.807, 2.05) is 6.07 Å². The first-order valence-electron chi connectivity index (χ1n) is 13.8. The van der Waals surface area contributed by atoms with Crippen molar-refractivity contribution in [1.29, 1.82) is 0 Å². The number of nitrogens with one attached hydrogen (secondary N) is 1. The number of carbonyl (C=O) groups is 2. The summed E-state index contributed by atoms with van der Waals surface area (Å²) in [6.07, 6.45) is 10.6. The number of hydrogen-bond donors (Lipinski definition) is 2. The highest BCUT2D eigenvalue weighted by Crippen LogP contribution is 2.65. The van der Waals surface area contributed by atoms with Crippen LogP contribution in [0.2, 0.25) is 0 Å². The molecule has 2 N–H and O–H groups in total. The monoisotopic (exact) mass is 508 g/mol. The minimum absolute atomic E-state index is 0.0990. The normalized spacial score (nSPS) is 36.4. The average Bonchev–Trinajstić information content (AvgIpc) is 3.21. The summed E-state index contributed by atoms with van der Waals surface area (Å²) in [6, 6.07) is 8.11. The van der Waals surface area contributed by atoms with E-state index >= 15 is 0 Å². The summed E-state index contributed by atoms with van der Waals surface area (Å²) in [4.78, 5) is 30.2. The molecule has 3 fully saturated rings. The second-order valence-electron chi connectivity index (χ2n) is 11.9. The molecule has 37 heavy (non-hydrogen) atoms. The lowest BCUT2D eigenvalue weighted by molar-refractivity contribution is -0.145. The predicted molar refractivity (Wildman–Crippen MR) is 140 cm³/mol. The van der Waals surface area contributed by atoms with Crippen molar-refractivity contribution >= 4 is 17.6 Å². The molecule has 0 bridgehead atoms. The van der Waals surface area contributed by atoms with Crippen molar-refractivity contribution in [3.8, 4) is 0 Å². The number of amides is 1. The number of nitrogens with zero attached hydrogens (tertiary/aromatic N) is 1. The smallest absolute Gasteiger partial charge is 0.333 e. The summed E-state index contributed by atoms with van der Waals surface area (Å²) in [5.41, 5.74) is 3.27. The van der Waals surface area contributed by atoms with Gasteiger partial charge in [0.25, 0.3) is 5.91 Å². The summed E-state index contributed by atoms with van der Waals surface area (Å²) in [7, 11) is 1.30.